The Morgan fingerprint density at radius 1 is 1.73 bits per heavy atom. The summed E-state index contributed by atoms with van der Waals surface area (Å²) < 4.78 is 4.63. The molecule has 5 heteroatoms. The number of nitrogens with one attached hydrogen (secondary N) is 1. The molecule has 0 atom stereocenters. The van der Waals surface area contributed by atoms with Crippen LogP contribution in [0.15, 0.2) is 0 Å². The summed E-state index contributed by atoms with van der Waals surface area (Å²) in [5, 5.41) is 6.95. The van der Waals surface area contributed by atoms with Crippen LogP contribution in [0.25, 0.3) is 0 Å². The minimum atomic E-state index is -0.318. The van der Waals surface area contributed by atoms with Crippen LogP contribution in [-0.2, 0) is 9.53 Å². The van der Waals surface area contributed by atoms with E-state index in [1.807, 2.05) is 0 Å². The van der Waals surface area contributed by atoms with Gasteiger partial charge < -0.3 is 15.4 Å². The smallest absolute Gasteiger partial charge is 0.302 e. The van der Waals surface area contributed by atoms with Crippen molar-refractivity contribution in [2.45, 2.75) is 6.92 Å². The van der Waals surface area contributed by atoms with E-state index in [4.69, 9.17) is 11.1 Å². The average Bonchev–Trinajstić information content (AvgIpc) is 1.86. The molecule has 0 radical (unpaired) electrons. The van der Waals surface area contributed by atoms with E-state index in [9.17, 15) is 4.79 Å². The van der Waals surface area contributed by atoms with Gasteiger partial charge in [-0.25, -0.2) is 0 Å². The molecule has 0 amide bonds. The number of carbonyl (C=O) groups is 1. The van der Waals surface area contributed by atoms with Crippen molar-refractivity contribution in [2.24, 2.45) is 5.73 Å². The van der Waals surface area contributed by atoms with Crippen LogP contribution in [0.2, 0.25) is 0 Å². The second kappa shape index (κ2) is 4.54. The van der Waals surface area contributed by atoms with Gasteiger partial charge in [-0.3, -0.25) is 10.2 Å². The Morgan fingerprint density at radius 3 is 2.64 bits per heavy atom. The lowest BCUT2D eigenvalue weighted by Crippen LogP contribution is -2.35. The van der Waals surface area contributed by atoms with Crippen LogP contribution in [0.5, 0.6) is 0 Å². The molecule has 5 nitrogen and oxygen atoms in total. The van der Waals surface area contributed by atoms with Gasteiger partial charge >= 0.3 is 5.97 Å². The number of nitrogens with zero attached hydrogens (tertiary/aromatic N) is 1. The van der Waals surface area contributed by atoms with Gasteiger partial charge in [0.2, 0.25) is 0 Å². The quantitative estimate of drug-likeness (QED) is 0.326. The average molecular weight is 159 g/mol. The van der Waals surface area contributed by atoms with E-state index in [0.29, 0.717) is 6.54 Å². The highest BCUT2D eigenvalue weighted by Crippen LogP contribution is 1.81. The summed E-state index contributed by atoms with van der Waals surface area (Å²) in [6.07, 6.45) is 0. The fourth-order valence-corrected chi connectivity index (χ4v) is 0.447. The molecule has 0 rings (SSSR count). The van der Waals surface area contributed by atoms with Gasteiger partial charge in [-0.15, -0.1) is 0 Å². The fraction of sp³-hybridized carbons (Fsp3) is 0.667. The van der Waals surface area contributed by atoms with Crippen molar-refractivity contribution >= 4 is 11.9 Å². The van der Waals surface area contributed by atoms with Gasteiger partial charge in [-0.1, -0.05) is 0 Å². The van der Waals surface area contributed by atoms with Gasteiger partial charge in [0.1, 0.15) is 6.61 Å². The molecule has 0 aliphatic carbocycles. The Morgan fingerprint density at radius 2 is 2.27 bits per heavy atom. The monoisotopic (exact) mass is 159 g/mol. The number of ether oxygens (including phenoxy) is 1. The zero-order valence-electron chi connectivity index (χ0n) is 6.76. The number of likely N-dealkylation sites (N-methyl/N-ethyl adjacent to an activating group) is 1. The number of hydrogen-bond donors (Lipinski definition) is 2. The number of nitrogens with two attached hydrogens (primary N) is 1. The molecule has 0 aromatic rings. The lowest BCUT2D eigenvalue weighted by molar-refractivity contribution is -0.141. The highest BCUT2D eigenvalue weighted by Gasteiger charge is 1.99. The zero-order chi connectivity index (χ0) is 8.85. The number of guanidine groups is 1. The van der Waals surface area contributed by atoms with E-state index in [0.717, 1.165) is 0 Å². The normalized spacial score (nSPS) is 8.91. The standard InChI is InChI=1S/C6H13N3O2/c1-5(10)11-4-3-9(2)6(7)8/h3-4H2,1-2H3,(H3,7,8). The van der Waals surface area contributed by atoms with Crippen LogP contribution in [0, 0.1) is 5.41 Å². The van der Waals surface area contributed by atoms with Gasteiger partial charge in [0.15, 0.2) is 5.96 Å². The van der Waals surface area contributed by atoms with Crippen molar-refractivity contribution in [1.82, 2.24) is 4.90 Å². The lowest BCUT2D eigenvalue weighted by Gasteiger charge is -2.15. The van der Waals surface area contributed by atoms with Crippen molar-refractivity contribution in [3.05, 3.63) is 0 Å². The van der Waals surface area contributed by atoms with Gasteiger partial charge in [-0.05, 0) is 0 Å². The molecular weight excluding hydrogens is 146 g/mol. The topological polar surface area (TPSA) is 79.4 Å². The molecule has 0 aromatic carbocycles. The molecular formula is C6H13N3O2. The Hall–Kier alpha value is -1.26. The van der Waals surface area contributed by atoms with E-state index in [1.165, 1.54) is 11.8 Å². The molecule has 0 fully saturated rings. The summed E-state index contributed by atoms with van der Waals surface area (Å²) in [5.41, 5.74) is 5.12. The maximum atomic E-state index is 10.3. The highest BCUT2D eigenvalue weighted by atomic mass is 16.5. The number of hydrogen-bond acceptors (Lipinski definition) is 3. The molecule has 0 spiro atoms. The minimum absolute atomic E-state index is 0.0304. The van der Waals surface area contributed by atoms with E-state index < -0.39 is 0 Å². The van der Waals surface area contributed by atoms with Crippen molar-refractivity contribution in [2.75, 3.05) is 20.2 Å². The number of esters is 1. The second-order valence-electron chi connectivity index (χ2n) is 2.15. The first kappa shape index (κ1) is 9.74. The first-order valence-electron chi connectivity index (χ1n) is 3.22. The van der Waals surface area contributed by atoms with Gasteiger partial charge in [0.25, 0.3) is 0 Å². The summed E-state index contributed by atoms with van der Waals surface area (Å²) in [6, 6.07) is 0. The molecule has 0 aliphatic heterocycles. The highest BCUT2D eigenvalue weighted by molar-refractivity contribution is 5.74. The minimum Gasteiger partial charge on any atom is -0.464 e. The summed E-state index contributed by atoms with van der Waals surface area (Å²) in [6.45, 7) is 2.06. The Kier molecular flexibility index (Phi) is 4.02. The molecule has 0 saturated carbocycles. The van der Waals surface area contributed by atoms with Crippen molar-refractivity contribution in [3.8, 4) is 0 Å². The molecule has 11 heavy (non-hydrogen) atoms. The molecule has 0 bridgehead atoms. The third-order valence-corrected chi connectivity index (χ3v) is 1.14. The first-order valence-corrected chi connectivity index (χ1v) is 3.22. The zero-order valence-corrected chi connectivity index (χ0v) is 6.76. The molecule has 64 valence electrons. The van der Waals surface area contributed by atoms with Crippen LogP contribution < -0.4 is 5.73 Å². The number of rotatable bonds is 3. The van der Waals surface area contributed by atoms with Crippen molar-refractivity contribution in [3.63, 3.8) is 0 Å². The van der Waals surface area contributed by atoms with Gasteiger partial charge in [-0.2, -0.15) is 0 Å². The van der Waals surface area contributed by atoms with Crippen molar-refractivity contribution in [1.29, 1.82) is 5.41 Å². The third-order valence-electron chi connectivity index (χ3n) is 1.14. The summed E-state index contributed by atoms with van der Waals surface area (Å²) >= 11 is 0. The van der Waals surface area contributed by atoms with Crippen LogP contribution in [0.3, 0.4) is 0 Å². The van der Waals surface area contributed by atoms with E-state index in [2.05, 4.69) is 4.74 Å². The largest absolute Gasteiger partial charge is 0.464 e. The Labute approximate surface area is 65.6 Å². The SMILES string of the molecule is CC(=O)OCCN(C)C(=N)N. The lowest BCUT2D eigenvalue weighted by atomic mass is 10.6. The molecule has 0 aromatic heterocycles. The van der Waals surface area contributed by atoms with Crippen LogP contribution in [-0.4, -0.2) is 37.0 Å². The second-order valence-corrected chi connectivity index (χ2v) is 2.15. The molecule has 0 saturated heterocycles. The van der Waals surface area contributed by atoms with Crippen LogP contribution in [0.1, 0.15) is 6.92 Å². The van der Waals surface area contributed by atoms with E-state index in [1.54, 1.807) is 7.05 Å². The fourth-order valence-electron chi connectivity index (χ4n) is 0.447. The van der Waals surface area contributed by atoms with Gasteiger partial charge in [0, 0.05) is 14.0 Å². The Bertz CT molecular complexity index is 158. The first-order chi connectivity index (χ1) is 5.04. The predicted molar refractivity (Wildman–Crippen MR) is 41.2 cm³/mol. The molecule has 0 aliphatic rings. The Balaban J connectivity index is 3.39. The molecule has 3 N–H and O–H groups in total. The maximum Gasteiger partial charge on any atom is 0.302 e. The third kappa shape index (κ3) is 5.20. The summed E-state index contributed by atoms with van der Waals surface area (Å²) in [5.74, 6) is -0.348. The van der Waals surface area contributed by atoms with Crippen LogP contribution >= 0.6 is 0 Å². The summed E-state index contributed by atoms with van der Waals surface area (Å²) in [4.78, 5) is 11.8. The van der Waals surface area contributed by atoms with E-state index in [-0.39, 0.29) is 18.5 Å². The molecule has 0 heterocycles. The molecule has 0 unspecified atom stereocenters. The van der Waals surface area contributed by atoms with Crippen molar-refractivity contribution < 1.29 is 9.53 Å². The van der Waals surface area contributed by atoms with E-state index >= 15 is 0 Å². The summed E-state index contributed by atoms with van der Waals surface area (Å²) in [7, 11) is 1.66. The number of carbonyl (C=O) groups excluding carboxylic acids is 1. The predicted octanol–water partition coefficient (Wildman–Crippen LogP) is -0.625. The van der Waals surface area contributed by atoms with Crippen LogP contribution in [0.4, 0.5) is 0 Å². The van der Waals surface area contributed by atoms with Gasteiger partial charge in [0.05, 0.1) is 6.54 Å². The maximum absolute atomic E-state index is 10.3.